The molecule has 0 fully saturated rings. The molecule has 1 aromatic heterocycles. The molecule has 0 bridgehead atoms. The molecule has 1 atom stereocenters. The minimum atomic E-state index is -0.164. The Balaban J connectivity index is 1.95. The molecular weight excluding hydrogens is 398 g/mol. The Hall–Kier alpha value is -2.15. The topological polar surface area (TPSA) is 55.7 Å². The zero-order chi connectivity index (χ0) is 18.5. The number of carbonyl (C=O) groups is 1. The number of aromatic nitrogens is 1. The van der Waals surface area contributed by atoms with Gasteiger partial charge in [0.05, 0.1) is 20.3 Å². The summed E-state index contributed by atoms with van der Waals surface area (Å²) in [4.78, 5) is 14.7. The van der Waals surface area contributed by atoms with Crippen LogP contribution in [-0.4, -0.2) is 48.1 Å². The average Bonchev–Trinajstić information content (AvgIpc) is 3.15. The Morgan fingerprint density at radius 2 is 2.04 bits per heavy atom. The highest BCUT2D eigenvalue weighted by Gasteiger charge is 2.32. The van der Waals surface area contributed by atoms with Gasteiger partial charge in [-0.15, -0.1) is 0 Å². The molecule has 0 unspecified atom stereocenters. The zero-order valence-electron chi connectivity index (χ0n) is 15.1. The predicted octanol–water partition coefficient (Wildman–Crippen LogP) is 3.40. The van der Waals surface area contributed by atoms with E-state index in [1.807, 2.05) is 29.2 Å². The fourth-order valence-electron chi connectivity index (χ4n) is 3.34. The fourth-order valence-corrected chi connectivity index (χ4v) is 3.62. The lowest BCUT2D eigenvalue weighted by Crippen LogP contribution is -2.47. The molecule has 1 N–H and O–H groups in total. The summed E-state index contributed by atoms with van der Waals surface area (Å²) in [5.41, 5.74) is 2.09. The van der Waals surface area contributed by atoms with Gasteiger partial charge in [-0.05, 0) is 36.2 Å². The van der Waals surface area contributed by atoms with Gasteiger partial charge in [0.15, 0.2) is 11.5 Å². The minimum Gasteiger partial charge on any atom is -0.493 e. The van der Waals surface area contributed by atoms with Gasteiger partial charge in [0.25, 0.3) is 0 Å². The number of rotatable bonds is 6. The summed E-state index contributed by atoms with van der Waals surface area (Å²) < 4.78 is 13.0. The highest BCUT2D eigenvalue weighted by Crippen LogP contribution is 2.37. The summed E-state index contributed by atoms with van der Waals surface area (Å²) >= 11 is 3.40. The van der Waals surface area contributed by atoms with Crippen LogP contribution in [0.3, 0.4) is 0 Å². The predicted molar refractivity (Wildman–Crippen MR) is 104 cm³/mol. The largest absolute Gasteiger partial charge is 0.493 e. The Labute approximate surface area is 162 Å². The van der Waals surface area contributed by atoms with Crippen molar-refractivity contribution in [1.82, 2.24) is 14.8 Å². The number of urea groups is 1. The highest BCUT2D eigenvalue weighted by molar-refractivity contribution is 9.09. The maximum Gasteiger partial charge on any atom is 0.318 e. The Bertz CT molecular complexity index is 762. The van der Waals surface area contributed by atoms with Gasteiger partial charge < -0.3 is 24.3 Å². The second kappa shape index (κ2) is 8.49. The number of alkyl halides is 1. The average molecular weight is 422 g/mol. The molecule has 2 aromatic rings. The quantitative estimate of drug-likeness (QED) is 0.574. The molecular formula is C19H24BrN3O3. The van der Waals surface area contributed by atoms with Crippen LogP contribution in [0.4, 0.5) is 4.79 Å². The number of hydrogen-bond donors (Lipinski definition) is 1. The number of nitrogens with zero attached hydrogens (tertiary/aromatic N) is 2. The standard InChI is InChI=1S/C19H24BrN3O3/c1-25-16-7-6-14(13-17(16)26-2)18-15-5-3-10-22(15)11-12-23(18)19(24)21-9-4-8-20/h3,5-7,10,13,18H,4,8-9,11-12H2,1-2H3,(H,21,24)/t18-/m0/s1. The van der Waals surface area contributed by atoms with Crippen molar-refractivity contribution in [2.24, 2.45) is 0 Å². The summed E-state index contributed by atoms with van der Waals surface area (Å²) in [6.45, 7) is 2.10. The summed E-state index contributed by atoms with van der Waals surface area (Å²) in [6.07, 6.45) is 2.96. The van der Waals surface area contributed by atoms with Crippen molar-refractivity contribution in [2.45, 2.75) is 19.0 Å². The van der Waals surface area contributed by atoms with Crippen molar-refractivity contribution in [3.05, 3.63) is 47.8 Å². The summed E-state index contributed by atoms with van der Waals surface area (Å²) in [6, 6.07) is 9.71. The molecule has 0 aliphatic carbocycles. The van der Waals surface area contributed by atoms with Gasteiger partial charge >= 0.3 is 6.03 Å². The number of hydrogen-bond acceptors (Lipinski definition) is 3. The number of carbonyl (C=O) groups excluding carboxylic acids is 1. The van der Waals surface area contributed by atoms with Gasteiger partial charge in [0, 0.05) is 36.9 Å². The Morgan fingerprint density at radius 1 is 1.23 bits per heavy atom. The third-order valence-corrected chi connectivity index (χ3v) is 5.17. The maximum absolute atomic E-state index is 12.8. The zero-order valence-corrected chi connectivity index (χ0v) is 16.7. The molecule has 6 nitrogen and oxygen atoms in total. The third-order valence-electron chi connectivity index (χ3n) is 4.61. The summed E-state index contributed by atoms with van der Waals surface area (Å²) in [5, 5.41) is 3.89. The van der Waals surface area contributed by atoms with Crippen LogP contribution in [0, 0.1) is 0 Å². The van der Waals surface area contributed by atoms with E-state index in [0.717, 1.165) is 29.6 Å². The van der Waals surface area contributed by atoms with Crippen molar-refractivity contribution in [2.75, 3.05) is 32.6 Å². The van der Waals surface area contributed by atoms with Crippen molar-refractivity contribution < 1.29 is 14.3 Å². The number of fused-ring (bicyclic) bond motifs is 1. The molecule has 0 saturated carbocycles. The number of methoxy groups -OCH3 is 2. The highest BCUT2D eigenvalue weighted by atomic mass is 79.9. The van der Waals surface area contributed by atoms with Crippen LogP contribution in [0.15, 0.2) is 36.5 Å². The maximum atomic E-state index is 12.8. The van der Waals surface area contributed by atoms with Crippen LogP contribution < -0.4 is 14.8 Å². The summed E-state index contributed by atoms with van der Waals surface area (Å²) in [5.74, 6) is 1.34. The molecule has 140 valence electrons. The van der Waals surface area contributed by atoms with E-state index in [4.69, 9.17) is 9.47 Å². The van der Waals surface area contributed by atoms with Gasteiger partial charge in [-0.2, -0.15) is 0 Å². The lowest BCUT2D eigenvalue weighted by atomic mass is 9.99. The second-order valence-electron chi connectivity index (χ2n) is 6.11. The van der Waals surface area contributed by atoms with Crippen LogP contribution in [0.1, 0.15) is 23.7 Å². The van der Waals surface area contributed by atoms with Gasteiger partial charge in [-0.25, -0.2) is 4.79 Å². The molecule has 1 aliphatic rings. The van der Waals surface area contributed by atoms with Crippen LogP contribution in [-0.2, 0) is 6.54 Å². The van der Waals surface area contributed by atoms with Crippen molar-refractivity contribution in [3.63, 3.8) is 0 Å². The van der Waals surface area contributed by atoms with E-state index < -0.39 is 0 Å². The van der Waals surface area contributed by atoms with E-state index >= 15 is 0 Å². The fraction of sp³-hybridized carbons (Fsp3) is 0.421. The molecule has 0 saturated heterocycles. The van der Waals surface area contributed by atoms with E-state index in [9.17, 15) is 4.79 Å². The SMILES string of the molecule is COc1ccc([C@H]2c3cccn3CCN2C(=O)NCCCBr)cc1OC. The summed E-state index contributed by atoms with van der Waals surface area (Å²) in [7, 11) is 3.24. The smallest absolute Gasteiger partial charge is 0.318 e. The number of amides is 2. The lowest BCUT2D eigenvalue weighted by Gasteiger charge is -2.37. The number of ether oxygens (including phenoxy) is 2. The lowest BCUT2D eigenvalue weighted by molar-refractivity contribution is 0.168. The third kappa shape index (κ3) is 3.67. The number of halogens is 1. The monoisotopic (exact) mass is 421 g/mol. The number of nitrogens with one attached hydrogen (secondary N) is 1. The number of benzene rings is 1. The normalized spacial score (nSPS) is 16.1. The van der Waals surface area contributed by atoms with Crippen LogP contribution >= 0.6 is 15.9 Å². The van der Waals surface area contributed by atoms with E-state index in [1.54, 1.807) is 14.2 Å². The minimum absolute atomic E-state index is 0.0433. The first-order valence-corrected chi connectivity index (χ1v) is 9.79. The van der Waals surface area contributed by atoms with Gasteiger partial charge in [-0.1, -0.05) is 22.0 Å². The molecule has 2 amide bonds. The first-order chi connectivity index (χ1) is 12.7. The molecule has 7 heteroatoms. The Kier molecular flexibility index (Phi) is 6.08. The van der Waals surface area contributed by atoms with Gasteiger partial charge in [-0.3, -0.25) is 0 Å². The van der Waals surface area contributed by atoms with E-state index in [0.29, 0.717) is 24.6 Å². The Morgan fingerprint density at radius 3 is 2.77 bits per heavy atom. The molecule has 26 heavy (non-hydrogen) atoms. The van der Waals surface area contributed by atoms with E-state index in [2.05, 4.69) is 38.1 Å². The van der Waals surface area contributed by atoms with Crippen LogP contribution in [0.5, 0.6) is 11.5 Å². The van der Waals surface area contributed by atoms with Gasteiger partial charge in [0.1, 0.15) is 0 Å². The molecule has 1 aliphatic heterocycles. The van der Waals surface area contributed by atoms with E-state index in [1.165, 1.54) is 0 Å². The first-order valence-electron chi connectivity index (χ1n) is 8.67. The molecule has 2 heterocycles. The molecule has 0 radical (unpaired) electrons. The van der Waals surface area contributed by atoms with Crippen LogP contribution in [0.2, 0.25) is 0 Å². The molecule has 0 spiro atoms. The van der Waals surface area contributed by atoms with Crippen molar-refractivity contribution in [1.29, 1.82) is 0 Å². The first kappa shape index (κ1) is 18.6. The second-order valence-corrected chi connectivity index (χ2v) is 6.90. The van der Waals surface area contributed by atoms with Gasteiger partial charge in [0.2, 0.25) is 0 Å². The van der Waals surface area contributed by atoms with Crippen LogP contribution in [0.25, 0.3) is 0 Å². The van der Waals surface area contributed by atoms with E-state index in [-0.39, 0.29) is 12.1 Å². The molecule has 1 aromatic carbocycles. The van der Waals surface area contributed by atoms with Crippen molar-refractivity contribution >= 4 is 22.0 Å². The van der Waals surface area contributed by atoms with Crippen molar-refractivity contribution in [3.8, 4) is 11.5 Å². The molecule has 3 rings (SSSR count).